The van der Waals surface area contributed by atoms with E-state index >= 15 is 0 Å². The van der Waals surface area contributed by atoms with E-state index in [1.54, 1.807) is 0 Å². The maximum atomic E-state index is 6.33. The van der Waals surface area contributed by atoms with Crippen molar-refractivity contribution in [1.29, 1.82) is 0 Å². The van der Waals surface area contributed by atoms with E-state index in [9.17, 15) is 0 Å². The number of hydrogen-bond donors (Lipinski definition) is 1. The third-order valence-corrected chi connectivity index (χ3v) is 3.90. The molecule has 2 rings (SSSR count). The van der Waals surface area contributed by atoms with Crippen LogP contribution in [0.2, 0.25) is 0 Å². The first-order valence-electron chi connectivity index (χ1n) is 8.09. The van der Waals surface area contributed by atoms with Crippen molar-refractivity contribution < 1.29 is 4.74 Å². The average Bonchev–Trinajstić information content (AvgIpc) is 2.48. The summed E-state index contributed by atoms with van der Waals surface area (Å²) < 4.78 is 6.33. The fourth-order valence-electron chi connectivity index (χ4n) is 2.82. The zero-order valence-corrected chi connectivity index (χ0v) is 13.6. The first kappa shape index (κ1) is 15.8. The first-order valence-corrected chi connectivity index (χ1v) is 8.09. The van der Waals surface area contributed by atoms with Crippen LogP contribution in [-0.2, 0) is 0 Å². The van der Waals surface area contributed by atoms with Gasteiger partial charge in [-0.25, -0.2) is 0 Å². The second kappa shape index (κ2) is 7.46. The van der Waals surface area contributed by atoms with Gasteiger partial charge in [-0.1, -0.05) is 56.7 Å². The van der Waals surface area contributed by atoms with Crippen LogP contribution >= 0.6 is 0 Å². The molecule has 2 aromatic rings. The fourth-order valence-corrected chi connectivity index (χ4v) is 2.82. The SMILES string of the molecule is CCCC(C)Oc1c(C(C)NCC)ccc2ccccc12. The maximum absolute atomic E-state index is 6.33. The van der Waals surface area contributed by atoms with Crippen LogP contribution in [0.1, 0.15) is 52.1 Å². The van der Waals surface area contributed by atoms with Crippen LogP contribution in [0, 0.1) is 0 Å². The highest BCUT2D eigenvalue weighted by atomic mass is 16.5. The number of fused-ring (bicyclic) bond motifs is 1. The minimum absolute atomic E-state index is 0.244. The summed E-state index contributed by atoms with van der Waals surface area (Å²) in [6.07, 6.45) is 2.47. The predicted molar refractivity (Wildman–Crippen MR) is 91.0 cm³/mol. The second-order valence-electron chi connectivity index (χ2n) is 5.70. The first-order chi connectivity index (χ1) is 10.2. The van der Waals surface area contributed by atoms with E-state index in [1.165, 1.54) is 16.3 Å². The third kappa shape index (κ3) is 3.76. The van der Waals surface area contributed by atoms with Gasteiger partial charge in [-0.2, -0.15) is 0 Å². The molecular formula is C19H27NO. The Balaban J connectivity index is 2.46. The zero-order chi connectivity index (χ0) is 15.2. The Morgan fingerprint density at radius 3 is 2.52 bits per heavy atom. The molecule has 2 unspecified atom stereocenters. The highest BCUT2D eigenvalue weighted by molar-refractivity contribution is 5.89. The van der Waals surface area contributed by atoms with Crippen molar-refractivity contribution in [3.8, 4) is 5.75 Å². The molecule has 1 N–H and O–H groups in total. The smallest absolute Gasteiger partial charge is 0.132 e. The monoisotopic (exact) mass is 285 g/mol. The zero-order valence-electron chi connectivity index (χ0n) is 13.6. The molecule has 0 aliphatic heterocycles. The lowest BCUT2D eigenvalue weighted by Gasteiger charge is -2.22. The highest BCUT2D eigenvalue weighted by Gasteiger charge is 2.16. The van der Waals surface area contributed by atoms with Gasteiger partial charge in [0.05, 0.1) is 6.10 Å². The van der Waals surface area contributed by atoms with E-state index in [1.807, 2.05) is 0 Å². The summed E-state index contributed by atoms with van der Waals surface area (Å²) in [5.41, 5.74) is 1.25. The van der Waals surface area contributed by atoms with Gasteiger partial charge in [0, 0.05) is 17.0 Å². The number of rotatable bonds is 7. The quantitative estimate of drug-likeness (QED) is 0.766. The van der Waals surface area contributed by atoms with E-state index < -0.39 is 0 Å². The molecule has 2 heteroatoms. The van der Waals surface area contributed by atoms with Crippen LogP contribution < -0.4 is 10.1 Å². The average molecular weight is 285 g/mol. The molecule has 0 spiro atoms. The number of nitrogens with one attached hydrogen (secondary N) is 1. The normalized spacial score (nSPS) is 14.1. The van der Waals surface area contributed by atoms with Crippen molar-refractivity contribution >= 4 is 10.8 Å². The van der Waals surface area contributed by atoms with Crippen LogP contribution in [0.4, 0.5) is 0 Å². The van der Waals surface area contributed by atoms with Gasteiger partial charge < -0.3 is 10.1 Å². The van der Waals surface area contributed by atoms with Crippen LogP contribution in [0.5, 0.6) is 5.75 Å². The molecule has 0 radical (unpaired) electrons. The lowest BCUT2D eigenvalue weighted by Crippen LogP contribution is -2.20. The Bertz CT molecular complexity index is 579. The van der Waals surface area contributed by atoms with Crippen molar-refractivity contribution in [3.05, 3.63) is 42.0 Å². The number of ether oxygens (including phenoxy) is 1. The molecule has 2 nitrogen and oxygen atoms in total. The Kier molecular flexibility index (Phi) is 5.63. The molecule has 114 valence electrons. The Morgan fingerprint density at radius 1 is 1.05 bits per heavy atom. The van der Waals surface area contributed by atoms with Crippen LogP contribution in [-0.4, -0.2) is 12.6 Å². The van der Waals surface area contributed by atoms with Gasteiger partial charge in [-0.3, -0.25) is 0 Å². The van der Waals surface area contributed by atoms with Gasteiger partial charge in [0.2, 0.25) is 0 Å². The molecule has 0 bridgehead atoms. The molecule has 0 aliphatic rings. The van der Waals surface area contributed by atoms with E-state index in [4.69, 9.17) is 4.74 Å². The summed E-state index contributed by atoms with van der Waals surface area (Å²) >= 11 is 0. The second-order valence-corrected chi connectivity index (χ2v) is 5.70. The minimum Gasteiger partial charge on any atom is -0.490 e. The van der Waals surface area contributed by atoms with Crippen LogP contribution in [0.15, 0.2) is 36.4 Å². The van der Waals surface area contributed by atoms with Gasteiger partial charge in [0.1, 0.15) is 5.75 Å². The van der Waals surface area contributed by atoms with Crippen molar-refractivity contribution in [3.63, 3.8) is 0 Å². The summed E-state index contributed by atoms with van der Waals surface area (Å²) in [7, 11) is 0. The van der Waals surface area contributed by atoms with E-state index in [-0.39, 0.29) is 6.10 Å². The topological polar surface area (TPSA) is 21.3 Å². The largest absolute Gasteiger partial charge is 0.490 e. The molecule has 0 saturated carbocycles. The summed E-state index contributed by atoms with van der Waals surface area (Å²) in [6, 6.07) is 13.2. The molecule has 2 aromatic carbocycles. The van der Waals surface area contributed by atoms with Gasteiger partial charge in [-0.15, -0.1) is 0 Å². The minimum atomic E-state index is 0.244. The molecule has 21 heavy (non-hydrogen) atoms. The summed E-state index contributed by atoms with van der Waals surface area (Å²) in [4.78, 5) is 0. The van der Waals surface area contributed by atoms with Gasteiger partial charge >= 0.3 is 0 Å². The van der Waals surface area contributed by atoms with E-state index in [2.05, 4.69) is 69.4 Å². The Labute approximate surface area is 128 Å². The van der Waals surface area contributed by atoms with Gasteiger partial charge in [0.15, 0.2) is 0 Å². The Morgan fingerprint density at radius 2 is 1.81 bits per heavy atom. The number of benzene rings is 2. The molecular weight excluding hydrogens is 258 g/mol. The predicted octanol–water partition coefficient (Wildman–Crippen LogP) is 5.08. The van der Waals surface area contributed by atoms with Crippen LogP contribution in [0.25, 0.3) is 10.8 Å². The lowest BCUT2D eigenvalue weighted by atomic mass is 10.0. The van der Waals surface area contributed by atoms with E-state index in [0.717, 1.165) is 25.1 Å². The fraction of sp³-hybridized carbons (Fsp3) is 0.474. The molecule has 0 amide bonds. The van der Waals surface area contributed by atoms with Crippen molar-refractivity contribution in [2.24, 2.45) is 0 Å². The molecule has 0 heterocycles. The number of hydrogen-bond acceptors (Lipinski definition) is 2. The molecule has 0 fully saturated rings. The lowest BCUT2D eigenvalue weighted by molar-refractivity contribution is 0.209. The maximum Gasteiger partial charge on any atom is 0.132 e. The molecule has 0 aliphatic carbocycles. The van der Waals surface area contributed by atoms with Crippen molar-refractivity contribution in [1.82, 2.24) is 5.32 Å². The van der Waals surface area contributed by atoms with Crippen molar-refractivity contribution in [2.75, 3.05) is 6.54 Å². The molecule has 0 aromatic heterocycles. The molecule has 0 saturated heterocycles. The van der Waals surface area contributed by atoms with Gasteiger partial charge in [0.25, 0.3) is 0 Å². The Hall–Kier alpha value is -1.54. The highest BCUT2D eigenvalue weighted by Crippen LogP contribution is 2.34. The van der Waals surface area contributed by atoms with Crippen LogP contribution in [0.3, 0.4) is 0 Å². The molecule has 2 atom stereocenters. The third-order valence-electron chi connectivity index (χ3n) is 3.90. The summed E-state index contributed by atoms with van der Waals surface area (Å²) in [6.45, 7) is 9.65. The van der Waals surface area contributed by atoms with Crippen molar-refractivity contribution in [2.45, 2.75) is 52.7 Å². The summed E-state index contributed by atoms with van der Waals surface area (Å²) in [5, 5.41) is 5.94. The van der Waals surface area contributed by atoms with E-state index in [0.29, 0.717) is 6.04 Å². The standard InChI is InChI=1S/C19H27NO/c1-5-9-14(3)21-19-17(15(4)20-6-2)13-12-16-10-7-8-11-18(16)19/h7-8,10-15,20H,5-6,9H2,1-4H3. The summed E-state index contributed by atoms with van der Waals surface area (Å²) in [5.74, 6) is 1.04. The van der Waals surface area contributed by atoms with Gasteiger partial charge in [-0.05, 0) is 32.2 Å².